The van der Waals surface area contributed by atoms with Gasteiger partial charge in [0.2, 0.25) is 0 Å². The summed E-state index contributed by atoms with van der Waals surface area (Å²) in [6.07, 6.45) is 0.597. The van der Waals surface area contributed by atoms with Crippen LogP contribution >= 0.6 is 11.8 Å². The van der Waals surface area contributed by atoms with Gasteiger partial charge in [0, 0.05) is 25.5 Å². The molecule has 0 aromatic heterocycles. The van der Waals surface area contributed by atoms with Gasteiger partial charge >= 0.3 is 0 Å². The lowest BCUT2D eigenvalue weighted by Crippen LogP contribution is -2.33. The molecule has 1 aliphatic rings. The van der Waals surface area contributed by atoms with E-state index >= 15 is 0 Å². The van der Waals surface area contributed by atoms with Crippen molar-refractivity contribution >= 4 is 29.1 Å². The van der Waals surface area contributed by atoms with Crippen LogP contribution in [0.25, 0.3) is 5.57 Å². The predicted octanol–water partition coefficient (Wildman–Crippen LogP) is 2.32. The van der Waals surface area contributed by atoms with Crippen molar-refractivity contribution in [1.82, 2.24) is 4.90 Å². The highest BCUT2D eigenvalue weighted by Crippen LogP contribution is 2.36. The van der Waals surface area contributed by atoms with Crippen molar-refractivity contribution < 1.29 is 24.2 Å². The number of aliphatic hydroxyl groups excluding tert-OH is 1. The maximum absolute atomic E-state index is 12.9. The monoisotopic (exact) mass is 379 g/mol. The normalized spacial score (nSPS) is 14.5. The molecule has 0 fully saturated rings. The summed E-state index contributed by atoms with van der Waals surface area (Å²) in [5.74, 6) is 0.485. The largest absolute Gasteiger partial charge is 0.494 e. The number of carbonyl (C=O) groups excluding carboxylic acids is 2. The van der Waals surface area contributed by atoms with E-state index in [9.17, 15) is 9.59 Å². The Morgan fingerprint density at radius 1 is 1.08 bits per heavy atom. The zero-order valence-corrected chi connectivity index (χ0v) is 16.0. The Labute approximate surface area is 158 Å². The minimum absolute atomic E-state index is 0.0590. The lowest BCUT2D eigenvalue weighted by molar-refractivity contribution is -0.136. The van der Waals surface area contributed by atoms with Crippen LogP contribution in [0.5, 0.6) is 5.75 Å². The third-order valence-corrected chi connectivity index (χ3v) is 4.85. The van der Waals surface area contributed by atoms with E-state index in [1.807, 2.05) is 13.8 Å². The van der Waals surface area contributed by atoms with E-state index in [0.717, 1.165) is 0 Å². The van der Waals surface area contributed by atoms with Crippen LogP contribution < -0.4 is 4.74 Å². The van der Waals surface area contributed by atoms with Gasteiger partial charge in [0.25, 0.3) is 11.8 Å². The molecule has 0 saturated carbocycles. The fourth-order valence-electron chi connectivity index (χ4n) is 2.65. The third-order valence-electron chi connectivity index (χ3n) is 3.79. The Kier molecular flexibility index (Phi) is 8.15. The summed E-state index contributed by atoms with van der Waals surface area (Å²) in [5, 5.41) is 9.11. The zero-order chi connectivity index (χ0) is 18.9. The highest BCUT2D eigenvalue weighted by atomic mass is 32.2. The molecule has 142 valence electrons. The minimum Gasteiger partial charge on any atom is -0.494 e. The second-order valence-electron chi connectivity index (χ2n) is 5.55. The number of amides is 2. The quantitative estimate of drug-likeness (QED) is 0.470. The standard InChI is InChI=1S/C19H25NO5S/c1-3-24-12-5-10-20-18(22)16(17(19(20)23)26-13-11-21)14-6-8-15(9-7-14)25-4-2/h6-9,21H,3-5,10-13H2,1-2H3. The maximum atomic E-state index is 12.9. The highest BCUT2D eigenvalue weighted by Gasteiger charge is 2.38. The van der Waals surface area contributed by atoms with E-state index in [0.29, 0.717) is 60.3 Å². The summed E-state index contributed by atoms with van der Waals surface area (Å²) < 4.78 is 10.7. The molecule has 0 spiro atoms. The van der Waals surface area contributed by atoms with Crippen LogP contribution in [0.4, 0.5) is 0 Å². The smallest absolute Gasteiger partial charge is 0.267 e. The molecular formula is C19H25NO5S. The molecule has 2 rings (SSSR count). The van der Waals surface area contributed by atoms with Crippen molar-refractivity contribution in [3.63, 3.8) is 0 Å². The van der Waals surface area contributed by atoms with Gasteiger partial charge in [0.05, 0.1) is 23.7 Å². The van der Waals surface area contributed by atoms with E-state index in [4.69, 9.17) is 14.6 Å². The Morgan fingerprint density at radius 2 is 1.81 bits per heavy atom. The van der Waals surface area contributed by atoms with E-state index < -0.39 is 0 Å². The first-order valence-electron chi connectivity index (χ1n) is 8.79. The number of hydrogen-bond donors (Lipinski definition) is 1. The lowest BCUT2D eigenvalue weighted by atomic mass is 10.1. The molecule has 0 aliphatic carbocycles. The summed E-state index contributed by atoms with van der Waals surface area (Å²) in [7, 11) is 0. The number of imide groups is 1. The highest BCUT2D eigenvalue weighted by molar-refractivity contribution is 8.04. The molecule has 26 heavy (non-hydrogen) atoms. The van der Waals surface area contributed by atoms with E-state index in [-0.39, 0.29) is 18.4 Å². The van der Waals surface area contributed by atoms with Crippen LogP contribution in [0.2, 0.25) is 0 Å². The van der Waals surface area contributed by atoms with E-state index in [2.05, 4.69) is 0 Å². The van der Waals surface area contributed by atoms with Crippen LogP contribution in [0.1, 0.15) is 25.8 Å². The van der Waals surface area contributed by atoms with Gasteiger partial charge in [-0.05, 0) is 38.0 Å². The van der Waals surface area contributed by atoms with Crippen LogP contribution in [0.3, 0.4) is 0 Å². The van der Waals surface area contributed by atoms with Gasteiger partial charge in [0.1, 0.15) is 5.75 Å². The Morgan fingerprint density at radius 3 is 2.42 bits per heavy atom. The summed E-state index contributed by atoms with van der Waals surface area (Å²) in [4.78, 5) is 27.2. The first-order chi connectivity index (χ1) is 12.6. The molecular weight excluding hydrogens is 354 g/mol. The number of carbonyl (C=O) groups is 2. The Hall–Kier alpha value is -1.83. The Bertz CT molecular complexity index is 656. The fourth-order valence-corrected chi connectivity index (χ4v) is 3.53. The number of thioether (sulfide) groups is 1. The van der Waals surface area contributed by atoms with Crippen molar-refractivity contribution in [1.29, 1.82) is 0 Å². The average Bonchev–Trinajstić information content (AvgIpc) is 2.88. The number of aliphatic hydroxyl groups is 1. The van der Waals surface area contributed by atoms with Crippen molar-refractivity contribution in [2.24, 2.45) is 0 Å². The lowest BCUT2D eigenvalue weighted by Gasteiger charge is -2.15. The number of hydrogen-bond acceptors (Lipinski definition) is 6. The van der Waals surface area contributed by atoms with Crippen molar-refractivity contribution in [2.75, 3.05) is 38.7 Å². The molecule has 6 nitrogen and oxygen atoms in total. The van der Waals surface area contributed by atoms with E-state index in [1.54, 1.807) is 24.3 Å². The summed E-state index contributed by atoms with van der Waals surface area (Å²) in [5.41, 5.74) is 1.08. The molecule has 2 amide bonds. The van der Waals surface area contributed by atoms with Gasteiger partial charge in [0.15, 0.2) is 0 Å². The minimum atomic E-state index is -0.297. The maximum Gasteiger partial charge on any atom is 0.267 e. The second kappa shape index (κ2) is 10.4. The van der Waals surface area contributed by atoms with Crippen molar-refractivity contribution in [3.8, 4) is 5.75 Å². The summed E-state index contributed by atoms with van der Waals surface area (Å²) in [6.45, 7) is 5.74. The Balaban J connectivity index is 2.23. The molecule has 0 atom stereocenters. The van der Waals surface area contributed by atoms with Crippen LogP contribution in [-0.4, -0.2) is 60.5 Å². The molecule has 1 aromatic rings. The molecule has 0 saturated heterocycles. The van der Waals surface area contributed by atoms with Crippen LogP contribution in [-0.2, 0) is 14.3 Å². The zero-order valence-electron chi connectivity index (χ0n) is 15.2. The SMILES string of the molecule is CCOCCCN1C(=O)C(SCCO)=C(c2ccc(OCC)cc2)C1=O. The number of nitrogens with zero attached hydrogens (tertiary/aromatic N) is 1. The van der Waals surface area contributed by atoms with Gasteiger partial charge in [-0.15, -0.1) is 11.8 Å². The molecule has 0 unspecified atom stereocenters. The third kappa shape index (κ3) is 4.87. The van der Waals surface area contributed by atoms with Gasteiger partial charge in [-0.2, -0.15) is 0 Å². The first-order valence-corrected chi connectivity index (χ1v) is 9.77. The molecule has 7 heteroatoms. The van der Waals surface area contributed by atoms with Gasteiger partial charge in [-0.25, -0.2) is 0 Å². The topological polar surface area (TPSA) is 76.1 Å². The number of ether oxygens (including phenoxy) is 2. The molecule has 1 heterocycles. The molecule has 0 radical (unpaired) electrons. The fraction of sp³-hybridized carbons (Fsp3) is 0.474. The molecule has 1 N–H and O–H groups in total. The summed E-state index contributed by atoms with van der Waals surface area (Å²) in [6, 6.07) is 7.15. The van der Waals surface area contributed by atoms with Gasteiger partial charge in [-0.1, -0.05) is 12.1 Å². The van der Waals surface area contributed by atoms with Crippen LogP contribution in [0, 0.1) is 0 Å². The van der Waals surface area contributed by atoms with Crippen molar-refractivity contribution in [3.05, 3.63) is 34.7 Å². The van der Waals surface area contributed by atoms with Gasteiger partial charge < -0.3 is 14.6 Å². The second-order valence-corrected chi connectivity index (χ2v) is 6.65. The first kappa shape index (κ1) is 20.5. The number of rotatable bonds is 11. The van der Waals surface area contributed by atoms with E-state index in [1.165, 1.54) is 16.7 Å². The number of benzene rings is 1. The molecule has 1 aromatic carbocycles. The average molecular weight is 379 g/mol. The molecule has 0 bridgehead atoms. The predicted molar refractivity (Wildman–Crippen MR) is 102 cm³/mol. The molecule has 1 aliphatic heterocycles. The van der Waals surface area contributed by atoms with Crippen molar-refractivity contribution in [2.45, 2.75) is 20.3 Å². The van der Waals surface area contributed by atoms with Gasteiger partial charge in [-0.3, -0.25) is 14.5 Å². The van der Waals surface area contributed by atoms with Crippen LogP contribution in [0.15, 0.2) is 29.2 Å². The summed E-state index contributed by atoms with van der Waals surface area (Å²) >= 11 is 1.22.